The minimum Gasteiger partial charge on any atom is -0.366 e. The predicted molar refractivity (Wildman–Crippen MR) is 144 cm³/mol. The van der Waals surface area contributed by atoms with Crippen molar-refractivity contribution in [2.45, 2.75) is 106 Å². The number of nitrogens with zero attached hydrogens (tertiary/aromatic N) is 1. The second-order valence-corrected chi connectivity index (χ2v) is 10.1. The van der Waals surface area contributed by atoms with Crippen molar-refractivity contribution in [3.63, 3.8) is 0 Å². The first kappa shape index (κ1) is 29.3. The van der Waals surface area contributed by atoms with Gasteiger partial charge < -0.3 is 10.2 Å². The molecule has 2 atom stereocenters. The third-order valence-electron chi connectivity index (χ3n) is 6.75. The van der Waals surface area contributed by atoms with Gasteiger partial charge in [0.2, 0.25) is 0 Å². The van der Waals surface area contributed by atoms with E-state index in [1.165, 1.54) is 61.8 Å². The molecular weight excluding hydrogens is 407 g/mol. The van der Waals surface area contributed by atoms with Crippen molar-refractivity contribution >= 4 is 0 Å². The molecule has 1 aliphatic carbocycles. The number of aryl methyl sites for hydroxylation is 3. The zero-order valence-electron chi connectivity index (χ0n) is 22.9. The summed E-state index contributed by atoms with van der Waals surface area (Å²) in [6.45, 7) is 15.9. The molecule has 0 spiro atoms. The Labute approximate surface area is 204 Å². The molecule has 1 aromatic rings. The molecule has 1 aliphatic heterocycles. The van der Waals surface area contributed by atoms with Crippen LogP contribution in [0, 0.1) is 31.5 Å². The minimum atomic E-state index is -0.0688. The van der Waals surface area contributed by atoms with Crippen LogP contribution in [0.5, 0.6) is 0 Å². The molecular formula is C30H51FN2. The number of halogens is 1. The highest BCUT2D eigenvalue weighted by molar-refractivity contribution is 5.32. The molecule has 0 radical (unpaired) electrons. The Morgan fingerprint density at radius 2 is 1.82 bits per heavy atom. The average Bonchev–Trinajstić information content (AvgIpc) is 3.39. The fraction of sp³-hybridized carbons (Fsp3) is 0.667. The van der Waals surface area contributed by atoms with Gasteiger partial charge in [-0.15, -0.1) is 0 Å². The van der Waals surface area contributed by atoms with Gasteiger partial charge in [0.25, 0.3) is 0 Å². The molecule has 2 unspecified atom stereocenters. The Morgan fingerprint density at radius 3 is 2.30 bits per heavy atom. The Balaban J connectivity index is 0.000000292. The molecule has 0 aromatic heterocycles. The third-order valence-corrected chi connectivity index (χ3v) is 6.75. The summed E-state index contributed by atoms with van der Waals surface area (Å²) in [5, 5.41) is 3.31. The summed E-state index contributed by atoms with van der Waals surface area (Å²) in [5.41, 5.74) is 5.83. The van der Waals surface area contributed by atoms with Crippen molar-refractivity contribution in [2.24, 2.45) is 11.8 Å². The van der Waals surface area contributed by atoms with Gasteiger partial charge in [0.1, 0.15) is 5.82 Å². The molecule has 2 aliphatic rings. The molecule has 3 heteroatoms. The quantitative estimate of drug-likeness (QED) is 0.439. The largest absolute Gasteiger partial charge is 0.366 e. The van der Waals surface area contributed by atoms with Crippen LogP contribution < -0.4 is 5.32 Å². The number of nitrogens with one attached hydrogen (secondary N) is 1. The smallest absolute Gasteiger partial charge is 0.126 e. The summed E-state index contributed by atoms with van der Waals surface area (Å²) >= 11 is 0. The molecule has 1 aromatic carbocycles. The van der Waals surface area contributed by atoms with E-state index in [0.29, 0.717) is 0 Å². The van der Waals surface area contributed by atoms with Gasteiger partial charge in [0.15, 0.2) is 0 Å². The first-order valence-corrected chi connectivity index (χ1v) is 13.3. The van der Waals surface area contributed by atoms with Crippen LogP contribution in [-0.2, 0) is 6.42 Å². The van der Waals surface area contributed by atoms with Crippen molar-refractivity contribution in [2.75, 3.05) is 13.7 Å². The summed E-state index contributed by atoms with van der Waals surface area (Å²) in [7, 11) is 2.07. The Kier molecular flexibility index (Phi) is 14.2. The lowest BCUT2D eigenvalue weighted by molar-refractivity contribution is 0.473. The third kappa shape index (κ3) is 11.3. The van der Waals surface area contributed by atoms with E-state index in [1.54, 1.807) is 6.07 Å². The lowest BCUT2D eigenvalue weighted by Crippen LogP contribution is -2.17. The van der Waals surface area contributed by atoms with Gasteiger partial charge in [-0.3, -0.25) is 0 Å². The van der Waals surface area contributed by atoms with Crippen LogP contribution in [0.2, 0.25) is 0 Å². The van der Waals surface area contributed by atoms with Gasteiger partial charge in [-0.1, -0.05) is 71.9 Å². The molecule has 33 heavy (non-hydrogen) atoms. The fourth-order valence-corrected chi connectivity index (χ4v) is 4.59. The molecule has 2 nitrogen and oxygen atoms in total. The van der Waals surface area contributed by atoms with Crippen LogP contribution in [0.25, 0.3) is 0 Å². The standard InChI is InChI=1S/C16H23F.C9H16N2.C5H12/c1-11-4-5-14(8-11)6-7-15-9-13(3)16(17)10-12(15)2;1-4-5-8(2)9-6-11(3)7-10-9;1-3-5-4-2/h9-11,14H,4-8H2,1-3H3;5-6,10H,4,7H2,1-3H3;3-5H2,1-2H3/b;8-5-;. The molecule has 0 amide bonds. The second-order valence-electron chi connectivity index (χ2n) is 10.1. The summed E-state index contributed by atoms with van der Waals surface area (Å²) in [4.78, 5) is 2.14. The maximum Gasteiger partial charge on any atom is 0.126 e. The first-order chi connectivity index (χ1) is 15.7. The van der Waals surface area contributed by atoms with Crippen LogP contribution in [0.4, 0.5) is 4.39 Å². The second kappa shape index (κ2) is 16.0. The molecule has 3 rings (SSSR count). The van der Waals surface area contributed by atoms with E-state index in [0.717, 1.165) is 42.5 Å². The van der Waals surface area contributed by atoms with E-state index in [9.17, 15) is 4.39 Å². The highest BCUT2D eigenvalue weighted by atomic mass is 19.1. The number of unbranched alkanes of at least 4 members (excludes halogenated alkanes) is 2. The Hall–Kier alpha value is -1.77. The predicted octanol–water partition coefficient (Wildman–Crippen LogP) is 8.68. The maximum absolute atomic E-state index is 13.4. The van der Waals surface area contributed by atoms with Crippen LogP contribution >= 0.6 is 0 Å². The number of benzene rings is 1. The van der Waals surface area contributed by atoms with Crippen LogP contribution in [0.1, 0.15) is 103 Å². The highest BCUT2D eigenvalue weighted by Gasteiger charge is 2.21. The maximum atomic E-state index is 13.4. The fourth-order valence-electron chi connectivity index (χ4n) is 4.59. The van der Waals surface area contributed by atoms with Crippen molar-refractivity contribution in [3.05, 3.63) is 58.2 Å². The summed E-state index contributed by atoms with van der Waals surface area (Å²) in [6.07, 6.45) is 16.1. The topological polar surface area (TPSA) is 15.3 Å². The molecule has 1 heterocycles. The molecule has 1 N–H and O–H groups in total. The first-order valence-electron chi connectivity index (χ1n) is 13.3. The summed E-state index contributed by atoms with van der Waals surface area (Å²) in [6, 6.07) is 3.71. The van der Waals surface area contributed by atoms with Gasteiger partial charge in [-0.2, -0.15) is 0 Å². The van der Waals surface area contributed by atoms with E-state index in [4.69, 9.17) is 0 Å². The molecule has 1 saturated carbocycles. The van der Waals surface area contributed by atoms with E-state index in [2.05, 4.69) is 64.2 Å². The van der Waals surface area contributed by atoms with E-state index in [-0.39, 0.29) is 5.82 Å². The van der Waals surface area contributed by atoms with Crippen molar-refractivity contribution in [1.82, 2.24) is 10.2 Å². The number of hydrogen-bond donors (Lipinski definition) is 1. The van der Waals surface area contributed by atoms with Gasteiger partial charge in [-0.25, -0.2) is 4.39 Å². The van der Waals surface area contributed by atoms with E-state index >= 15 is 0 Å². The van der Waals surface area contributed by atoms with E-state index in [1.807, 2.05) is 19.9 Å². The van der Waals surface area contributed by atoms with Gasteiger partial charge in [0, 0.05) is 13.2 Å². The minimum absolute atomic E-state index is 0.0688. The normalized spacial score (nSPS) is 19.8. The average molecular weight is 459 g/mol. The van der Waals surface area contributed by atoms with Crippen molar-refractivity contribution in [1.29, 1.82) is 0 Å². The van der Waals surface area contributed by atoms with Crippen LogP contribution in [0.3, 0.4) is 0 Å². The number of allylic oxidation sites excluding steroid dienone is 2. The van der Waals surface area contributed by atoms with Gasteiger partial charge in [0.05, 0.1) is 12.4 Å². The summed E-state index contributed by atoms with van der Waals surface area (Å²) < 4.78 is 13.4. The Morgan fingerprint density at radius 1 is 1.12 bits per heavy atom. The van der Waals surface area contributed by atoms with Gasteiger partial charge in [-0.05, 0) is 86.6 Å². The zero-order chi connectivity index (χ0) is 24.8. The molecule has 0 saturated heterocycles. The molecule has 1 fully saturated rings. The van der Waals surface area contributed by atoms with Gasteiger partial charge >= 0.3 is 0 Å². The lowest BCUT2D eigenvalue weighted by atomic mass is 9.94. The molecule has 188 valence electrons. The van der Waals surface area contributed by atoms with Crippen molar-refractivity contribution in [3.8, 4) is 0 Å². The lowest BCUT2D eigenvalue weighted by Gasteiger charge is -2.12. The number of hydrogen-bond acceptors (Lipinski definition) is 2. The SMILES string of the molecule is CC/C=C(/C)C1=CN(C)CN1.CCCCC.Cc1cc(CCC2CCC(C)C2)c(C)cc1F. The van der Waals surface area contributed by atoms with Crippen LogP contribution in [-0.4, -0.2) is 18.6 Å². The summed E-state index contributed by atoms with van der Waals surface area (Å²) in [5.74, 6) is 1.74. The number of rotatable bonds is 7. The Bertz CT molecular complexity index is 748. The van der Waals surface area contributed by atoms with Crippen LogP contribution in [0.15, 0.2) is 35.7 Å². The van der Waals surface area contributed by atoms with E-state index < -0.39 is 0 Å². The monoisotopic (exact) mass is 458 g/mol. The van der Waals surface area contributed by atoms with Crippen molar-refractivity contribution < 1.29 is 4.39 Å². The molecule has 0 bridgehead atoms. The zero-order valence-corrected chi connectivity index (χ0v) is 22.9. The highest BCUT2D eigenvalue weighted by Crippen LogP contribution is 2.33.